The molecule has 0 radical (unpaired) electrons. The van der Waals surface area contributed by atoms with E-state index in [-0.39, 0.29) is 7.48 Å². The van der Waals surface area contributed by atoms with Gasteiger partial charge in [-0.1, -0.05) is 116 Å². The maximum Gasteiger partial charge on any atom is 0.304 e. The van der Waals surface area contributed by atoms with Crippen molar-refractivity contribution in [3.8, 4) is 45.3 Å². The van der Waals surface area contributed by atoms with Crippen molar-refractivity contribution in [1.82, 2.24) is 15.0 Å². The monoisotopic (exact) mass is 496 g/mol. The largest absolute Gasteiger partial charge is 0.449 e. The van der Waals surface area contributed by atoms with Gasteiger partial charge >= 0.3 is 7.48 Å². The Kier molecular flexibility index (Phi) is 7.81. The normalized spacial score (nSPS) is 11.8. The summed E-state index contributed by atoms with van der Waals surface area (Å²) in [6, 6.07) is 32.3. The second-order valence-corrected chi connectivity index (χ2v) is 8.77. The van der Waals surface area contributed by atoms with Gasteiger partial charge in [-0.3, -0.25) is 4.99 Å². The molecule has 6 heteroatoms. The Bertz CT molecular complexity index is 1550. The summed E-state index contributed by atoms with van der Waals surface area (Å²) in [5.41, 5.74) is 8.18. The summed E-state index contributed by atoms with van der Waals surface area (Å²) in [7, 11) is 0.000277. The van der Waals surface area contributed by atoms with Crippen LogP contribution >= 0.6 is 0 Å². The number of rotatable bonds is 5. The molecular weight excluding hydrogens is 467 g/mol. The van der Waals surface area contributed by atoms with Crippen molar-refractivity contribution in [2.75, 3.05) is 0 Å². The maximum atomic E-state index is 9.41. The van der Waals surface area contributed by atoms with Gasteiger partial charge in [-0.15, -0.1) is 0 Å². The van der Waals surface area contributed by atoms with E-state index in [9.17, 15) is 5.02 Å². The fourth-order valence-electron chi connectivity index (χ4n) is 4.46. The molecule has 1 aliphatic heterocycles. The first-order valence-electron chi connectivity index (χ1n) is 13.1. The van der Waals surface area contributed by atoms with E-state index in [1.165, 1.54) is 5.56 Å². The maximum absolute atomic E-state index is 9.41. The predicted molar refractivity (Wildman–Crippen MR) is 158 cm³/mol. The Hall–Kier alpha value is -4.42. The van der Waals surface area contributed by atoms with Crippen molar-refractivity contribution < 1.29 is 5.02 Å². The summed E-state index contributed by atoms with van der Waals surface area (Å²) in [4.78, 5) is 19.1. The average molecular weight is 496 g/mol. The van der Waals surface area contributed by atoms with E-state index in [2.05, 4.69) is 47.5 Å². The standard InChI is InChI=1S/C30H23BN4O.C2H6/c36-31-25-17-15-24(16-18-25)30-34-28(22-6-2-1-3-7-22)33-29(35-30)23-13-11-20(12-14-23)26-10-4-8-21-9-5-19-32-27(21)26;1-2/h1-4,6-8,10-19,31,36H,5,9H2;1-2H3. The molecule has 38 heavy (non-hydrogen) atoms. The van der Waals surface area contributed by atoms with E-state index >= 15 is 0 Å². The van der Waals surface area contributed by atoms with Crippen molar-refractivity contribution in [3.05, 3.63) is 103 Å². The van der Waals surface area contributed by atoms with Crippen LogP contribution in [0.4, 0.5) is 5.69 Å². The van der Waals surface area contributed by atoms with E-state index in [0.717, 1.165) is 51.8 Å². The molecule has 0 saturated heterocycles. The Balaban J connectivity index is 0.00000144. The minimum absolute atomic E-state index is 0.000277. The van der Waals surface area contributed by atoms with Gasteiger partial charge < -0.3 is 5.02 Å². The molecule has 0 unspecified atom stereocenters. The first-order chi connectivity index (χ1) is 18.8. The van der Waals surface area contributed by atoms with Gasteiger partial charge in [-0.2, -0.15) is 0 Å². The lowest BCUT2D eigenvalue weighted by atomic mass is 9.88. The van der Waals surface area contributed by atoms with Crippen LogP contribution < -0.4 is 5.46 Å². The highest BCUT2D eigenvalue weighted by atomic mass is 16.2. The van der Waals surface area contributed by atoms with E-state index < -0.39 is 0 Å². The van der Waals surface area contributed by atoms with Gasteiger partial charge in [-0.05, 0) is 24.0 Å². The Labute approximate surface area is 224 Å². The number of nitrogens with zero attached hydrogens (tertiary/aromatic N) is 4. The lowest BCUT2D eigenvalue weighted by molar-refractivity contribution is 0.615. The van der Waals surface area contributed by atoms with E-state index in [1.807, 2.05) is 74.7 Å². The fraction of sp³-hybridized carbons (Fsp3) is 0.125. The fourth-order valence-corrected chi connectivity index (χ4v) is 4.46. The number of aliphatic imine (C=N–C) groups is 1. The van der Waals surface area contributed by atoms with Gasteiger partial charge in [-0.25, -0.2) is 15.0 Å². The minimum Gasteiger partial charge on any atom is -0.449 e. The van der Waals surface area contributed by atoms with Gasteiger partial charge in [0.25, 0.3) is 0 Å². The van der Waals surface area contributed by atoms with E-state index in [0.29, 0.717) is 17.5 Å². The van der Waals surface area contributed by atoms with Gasteiger partial charge in [0.15, 0.2) is 17.5 Å². The molecule has 1 aromatic heterocycles. The van der Waals surface area contributed by atoms with Crippen molar-refractivity contribution in [3.63, 3.8) is 0 Å². The lowest BCUT2D eigenvalue weighted by Crippen LogP contribution is -2.12. The lowest BCUT2D eigenvalue weighted by Gasteiger charge is -2.14. The summed E-state index contributed by atoms with van der Waals surface area (Å²) >= 11 is 0. The van der Waals surface area contributed by atoms with Crippen molar-refractivity contribution in [2.24, 2.45) is 4.99 Å². The number of aromatic nitrogens is 3. The molecule has 1 aliphatic rings. The second kappa shape index (κ2) is 11.8. The zero-order valence-corrected chi connectivity index (χ0v) is 21.7. The third kappa shape index (κ3) is 5.31. The van der Waals surface area contributed by atoms with Crippen molar-refractivity contribution in [1.29, 1.82) is 0 Å². The molecule has 0 bridgehead atoms. The van der Waals surface area contributed by atoms with Crippen LogP contribution in [0.5, 0.6) is 0 Å². The first kappa shape index (κ1) is 25.2. The molecule has 4 aromatic carbocycles. The number of fused-ring (bicyclic) bond motifs is 1. The topological polar surface area (TPSA) is 71.3 Å². The molecule has 186 valence electrons. The molecule has 2 heterocycles. The molecule has 0 amide bonds. The number of hydrogen-bond acceptors (Lipinski definition) is 5. The molecule has 5 nitrogen and oxygen atoms in total. The molecule has 0 atom stereocenters. The summed E-state index contributed by atoms with van der Waals surface area (Å²) in [6.45, 7) is 4.00. The van der Waals surface area contributed by atoms with Gasteiger partial charge in [0.2, 0.25) is 0 Å². The second-order valence-electron chi connectivity index (χ2n) is 8.77. The summed E-state index contributed by atoms with van der Waals surface area (Å²) in [5, 5.41) is 9.41. The van der Waals surface area contributed by atoms with E-state index in [4.69, 9.17) is 15.0 Å². The van der Waals surface area contributed by atoms with Crippen molar-refractivity contribution >= 4 is 24.8 Å². The molecule has 0 saturated carbocycles. The third-order valence-corrected chi connectivity index (χ3v) is 6.40. The van der Waals surface area contributed by atoms with Crippen LogP contribution in [0, 0.1) is 0 Å². The highest BCUT2D eigenvalue weighted by molar-refractivity contribution is 6.45. The smallest absolute Gasteiger partial charge is 0.304 e. The first-order valence-corrected chi connectivity index (χ1v) is 13.1. The van der Waals surface area contributed by atoms with E-state index in [1.54, 1.807) is 0 Å². The molecular formula is C32H29BN4O. The molecule has 0 spiro atoms. The number of aryl methyl sites for hydroxylation is 1. The Morgan fingerprint density at radius 3 is 1.76 bits per heavy atom. The summed E-state index contributed by atoms with van der Waals surface area (Å²) in [5.74, 6) is 1.83. The summed E-state index contributed by atoms with van der Waals surface area (Å²) < 4.78 is 0. The highest BCUT2D eigenvalue weighted by Gasteiger charge is 2.14. The minimum atomic E-state index is 0.000277. The van der Waals surface area contributed by atoms with Gasteiger partial charge in [0.05, 0.1) is 5.69 Å². The van der Waals surface area contributed by atoms with Crippen LogP contribution in [-0.2, 0) is 6.42 Å². The predicted octanol–water partition coefficient (Wildman–Crippen LogP) is 6.18. The quantitative estimate of drug-likeness (QED) is 0.295. The molecule has 0 fully saturated rings. The Morgan fingerprint density at radius 2 is 1.16 bits per heavy atom. The average Bonchev–Trinajstić information content (AvgIpc) is 3.02. The van der Waals surface area contributed by atoms with Crippen LogP contribution in [0.1, 0.15) is 25.8 Å². The third-order valence-electron chi connectivity index (χ3n) is 6.40. The number of benzene rings is 4. The van der Waals surface area contributed by atoms with Crippen LogP contribution in [0.15, 0.2) is 102 Å². The van der Waals surface area contributed by atoms with Crippen LogP contribution in [0.3, 0.4) is 0 Å². The number of hydrogen-bond donors (Lipinski definition) is 1. The summed E-state index contributed by atoms with van der Waals surface area (Å²) in [6.07, 6.45) is 4.02. The van der Waals surface area contributed by atoms with Crippen LogP contribution in [-0.4, -0.2) is 33.7 Å². The number of para-hydroxylation sites is 1. The van der Waals surface area contributed by atoms with Crippen LogP contribution in [0.25, 0.3) is 45.3 Å². The molecule has 5 aromatic rings. The Morgan fingerprint density at radius 1 is 0.605 bits per heavy atom. The molecule has 0 aliphatic carbocycles. The van der Waals surface area contributed by atoms with Gasteiger partial charge in [0.1, 0.15) is 0 Å². The molecule has 6 rings (SSSR count). The SMILES string of the molecule is CC.OBc1ccc(-c2nc(-c3ccccc3)nc(-c3ccc(-c4cccc5c4N=CCC5)cc3)n2)cc1. The van der Waals surface area contributed by atoms with Crippen molar-refractivity contribution in [2.45, 2.75) is 26.7 Å². The molecule has 1 N–H and O–H groups in total. The zero-order valence-electron chi connectivity index (χ0n) is 21.7. The van der Waals surface area contributed by atoms with Gasteiger partial charge in [0, 0.05) is 28.5 Å². The zero-order chi connectivity index (χ0) is 26.3. The highest BCUT2D eigenvalue weighted by Crippen LogP contribution is 2.36. The van der Waals surface area contributed by atoms with Crippen LogP contribution in [0.2, 0.25) is 0 Å².